The zero-order chi connectivity index (χ0) is 14.1. The number of nitrogens with one attached hydrogen (secondary N) is 1. The third-order valence-electron chi connectivity index (χ3n) is 3.23. The van der Waals surface area contributed by atoms with Gasteiger partial charge in [-0.25, -0.2) is 0 Å². The molecule has 0 fully saturated rings. The van der Waals surface area contributed by atoms with Crippen LogP contribution in [0.2, 0.25) is 0 Å². The highest BCUT2D eigenvalue weighted by Gasteiger charge is 2.29. The molecule has 4 heteroatoms. The summed E-state index contributed by atoms with van der Waals surface area (Å²) in [5.74, 6) is -0.915. The highest BCUT2D eigenvalue weighted by atomic mass is 16.2. The second-order valence-corrected chi connectivity index (χ2v) is 4.48. The molecule has 2 aromatic carbocycles. The highest BCUT2D eigenvalue weighted by molar-refractivity contribution is 6.45. The first-order valence-electron chi connectivity index (χ1n) is 6.18. The molecular weight excluding hydrogens is 252 g/mol. The second kappa shape index (κ2) is 4.66. The van der Waals surface area contributed by atoms with Crippen molar-refractivity contribution in [1.82, 2.24) is 0 Å². The molecule has 1 heterocycles. The number of hydrogen-bond acceptors (Lipinski definition) is 2. The molecule has 98 valence electrons. The smallest absolute Gasteiger partial charge is 0.257 e. The number of carbonyl (C=O) groups excluding carboxylic acids is 2. The Kier molecular flexibility index (Phi) is 2.84. The van der Waals surface area contributed by atoms with Crippen molar-refractivity contribution in [3.05, 3.63) is 65.7 Å². The minimum Gasteiger partial charge on any atom is -0.366 e. The maximum absolute atomic E-state index is 12.2. The Morgan fingerprint density at radius 2 is 1.60 bits per heavy atom. The molecule has 2 amide bonds. The van der Waals surface area contributed by atoms with E-state index in [1.807, 2.05) is 18.2 Å². The van der Waals surface area contributed by atoms with E-state index in [1.165, 1.54) is 0 Å². The lowest BCUT2D eigenvalue weighted by Crippen LogP contribution is -2.17. The van der Waals surface area contributed by atoms with Crippen LogP contribution in [0.3, 0.4) is 0 Å². The van der Waals surface area contributed by atoms with Gasteiger partial charge in [-0.3, -0.25) is 9.59 Å². The van der Waals surface area contributed by atoms with Gasteiger partial charge in [-0.2, -0.15) is 0 Å². The molecule has 0 unspecified atom stereocenters. The zero-order valence-electron chi connectivity index (χ0n) is 10.6. The summed E-state index contributed by atoms with van der Waals surface area (Å²) >= 11 is 0. The predicted molar refractivity (Wildman–Crippen MR) is 77.5 cm³/mol. The average molecular weight is 264 g/mol. The molecule has 0 atom stereocenters. The Labute approximate surface area is 115 Å². The van der Waals surface area contributed by atoms with Crippen molar-refractivity contribution >= 4 is 28.6 Å². The Bertz CT molecular complexity index is 733. The Hall–Kier alpha value is -2.88. The Morgan fingerprint density at radius 1 is 0.950 bits per heavy atom. The molecule has 0 aromatic heterocycles. The second-order valence-electron chi connectivity index (χ2n) is 4.48. The van der Waals surface area contributed by atoms with E-state index in [0.717, 1.165) is 0 Å². The predicted octanol–water partition coefficient (Wildman–Crippen LogP) is 2.03. The fraction of sp³-hybridized carbons (Fsp3) is 0. The third-order valence-corrected chi connectivity index (χ3v) is 3.23. The van der Waals surface area contributed by atoms with Crippen molar-refractivity contribution in [1.29, 1.82) is 0 Å². The normalized spacial score (nSPS) is 15.5. The maximum atomic E-state index is 12.2. The summed E-state index contributed by atoms with van der Waals surface area (Å²) in [6.07, 6.45) is 0. The van der Waals surface area contributed by atoms with Crippen LogP contribution in [-0.4, -0.2) is 11.8 Å². The van der Waals surface area contributed by atoms with E-state index in [9.17, 15) is 9.59 Å². The summed E-state index contributed by atoms with van der Waals surface area (Å²) < 4.78 is 0. The zero-order valence-corrected chi connectivity index (χ0v) is 10.6. The van der Waals surface area contributed by atoms with Crippen molar-refractivity contribution in [3.63, 3.8) is 0 Å². The van der Waals surface area contributed by atoms with Crippen LogP contribution in [-0.2, 0) is 9.59 Å². The molecule has 20 heavy (non-hydrogen) atoms. The molecule has 0 aliphatic carbocycles. The number of amides is 2. The van der Waals surface area contributed by atoms with Crippen LogP contribution in [0.4, 0.5) is 5.69 Å². The number of hydrogen-bond donors (Lipinski definition) is 2. The van der Waals surface area contributed by atoms with Crippen LogP contribution in [0.15, 0.2) is 54.6 Å². The van der Waals surface area contributed by atoms with Gasteiger partial charge in [0.25, 0.3) is 5.91 Å². The van der Waals surface area contributed by atoms with Crippen molar-refractivity contribution in [2.45, 2.75) is 0 Å². The largest absolute Gasteiger partial charge is 0.366 e. The van der Waals surface area contributed by atoms with Crippen molar-refractivity contribution < 1.29 is 9.59 Å². The molecule has 4 nitrogen and oxygen atoms in total. The van der Waals surface area contributed by atoms with Gasteiger partial charge in [-0.15, -0.1) is 0 Å². The standard InChI is InChI=1S/C16H12N2O2/c17-15(19)13(10-6-2-1-3-7-10)14-11-8-4-5-9-12(11)18-16(14)20/h1-9H,(H2,17,19)(H,18,20)/b14-13-. The summed E-state index contributed by atoms with van der Waals surface area (Å²) in [6.45, 7) is 0. The molecule has 0 saturated heterocycles. The van der Waals surface area contributed by atoms with Crippen LogP contribution in [0.1, 0.15) is 11.1 Å². The Morgan fingerprint density at radius 3 is 2.30 bits per heavy atom. The van der Waals surface area contributed by atoms with Gasteiger partial charge in [0.15, 0.2) is 0 Å². The summed E-state index contributed by atoms with van der Waals surface area (Å²) in [7, 11) is 0. The van der Waals surface area contributed by atoms with E-state index in [-0.39, 0.29) is 11.5 Å². The lowest BCUT2D eigenvalue weighted by Gasteiger charge is -2.07. The number of primary amides is 1. The summed E-state index contributed by atoms with van der Waals surface area (Å²) in [6, 6.07) is 16.2. The fourth-order valence-corrected chi connectivity index (χ4v) is 2.38. The lowest BCUT2D eigenvalue weighted by atomic mass is 9.95. The van der Waals surface area contributed by atoms with Crippen molar-refractivity contribution in [3.8, 4) is 0 Å². The quantitative estimate of drug-likeness (QED) is 0.815. The van der Waals surface area contributed by atoms with E-state index in [2.05, 4.69) is 5.32 Å². The molecule has 2 aromatic rings. The van der Waals surface area contributed by atoms with Crippen LogP contribution in [0.25, 0.3) is 11.1 Å². The van der Waals surface area contributed by atoms with Crippen LogP contribution >= 0.6 is 0 Å². The van der Waals surface area contributed by atoms with Crippen LogP contribution in [0, 0.1) is 0 Å². The van der Waals surface area contributed by atoms with Gasteiger partial charge in [-0.1, -0.05) is 48.5 Å². The molecular formula is C16H12N2O2. The van der Waals surface area contributed by atoms with E-state index >= 15 is 0 Å². The molecule has 0 spiro atoms. The number of rotatable bonds is 2. The Balaban J connectivity index is 2.30. The van der Waals surface area contributed by atoms with Crippen molar-refractivity contribution in [2.24, 2.45) is 5.73 Å². The average Bonchev–Trinajstić information content (AvgIpc) is 2.77. The lowest BCUT2D eigenvalue weighted by molar-refractivity contribution is -0.113. The number of para-hydroxylation sites is 1. The monoisotopic (exact) mass is 264 g/mol. The van der Waals surface area contributed by atoms with Gasteiger partial charge < -0.3 is 11.1 Å². The number of carbonyl (C=O) groups is 2. The number of anilines is 1. The molecule has 1 aliphatic heterocycles. The summed E-state index contributed by atoms with van der Waals surface area (Å²) in [5, 5.41) is 2.75. The summed E-state index contributed by atoms with van der Waals surface area (Å²) in [5.41, 5.74) is 8.11. The van der Waals surface area contributed by atoms with Gasteiger partial charge >= 0.3 is 0 Å². The molecule has 0 bridgehead atoms. The van der Waals surface area contributed by atoms with Gasteiger partial charge in [0, 0.05) is 11.3 Å². The van der Waals surface area contributed by atoms with Crippen LogP contribution in [0.5, 0.6) is 0 Å². The number of benzene rings is 2. The molecule has 3 rings (SSSR count). The first kappa shape index (κ1) is 12.2. The van der Waals surface area contributed by atoms with Gasteiger partial charge in [0.1, 0.15) is 0 Å². The van der Waals surface area contributed by atoms with E-state index in [4.69, 9.17) is 5.73 Å². The topological polar surface area (TPSA) is 72.2 Å². The first-order valence-corrected chi connectivity index (χ1v) is 6.18. The highest BCUT2D eigenvalue weighted by Crippen LogP contribution is 2.36. The van der Waals surface area contributed by atoms with Crippen molar-refractivity contribution in [2.75, 3.05) is 5.32 Å². The molecule has 3 N–H and O–H groups in total. The van der Waals surface area contributed by atoms with Gasteiger partial charge in [0.05, 0.1) is 11.1 Å². The first-order chi connectivity index (χ1) is 9.68. The summed E-state index contributed by atoms with van der Waals surface area (Å²) in [4.78, 5) is 24.0. The maximum Gasteiger partial charge on any atom is 0.257 e. The molecule has 0 radical (unpaired) electrons. The minimum atomic E-state index is -0.613. The minimum absolute atomic E-state index is 0.244. The third kappa shape index (κ3) is 1.87. The number of nitrogens with two attached hydrogens (primary N) is 1. The SMILES string of the molecule is NC(=O)/C(=C1\C(=O)Nc2ccccc21)c1ccccc1. The fourth-order valence-electron chi connectivity index (χ4n) is 2.38. The van der Waals surface area contributed by atoms with Crippen LogP contribution < -0.4 is 11.1 Å². The van der Waals surface area contributed by atoms with E-state index in [0.29, 0.717) is 22.4 Å². The molecule has 0 saturated carbocycles. The number of fused-ring (bicyclic) bond motifs is 1. The van der Waals surface area contributed by atoms with Gasteiger partial charge in [0.2, 0.25) is 5.91 Å². The van der Waals surface area contributed by atoms with E-state index < -0.39 is 5.91 Å². The van der Waals surface area contributed by atoms with E-state index in [1.54, 1.807) is 36.4 Å². The van der Waals surface area contributed by atoms with Gasteiger partial charge in [-0.05, 0) is 11.6 Å². The molecule has 1 aliphatic rings.